The molecule has 2 heterocycles. The van der Waals surface area contributed by atoms with Gasteiger partial charge in [0, 0.05) is 44.6 Å². The highest BCUT2D eigenvalue weighted by atomic mass is 35.5. The normalized spacial score (nSPS) is 14.4. The van der Waals surface area contributed by atoms with E-state index in [-0.39, 0.29) is 12.1 Å². The van der Waals surface area contributed by atoms with Crippen LogP contribution in [0.2, 0.25) is 5.02 Å². The maximum Gasteiger partial charge on any atom is 0.319 e. The molecule has 1 aliphatic carbocycles. The molecule has 2 aromatic carbocycles. The number of anilines is 1. The molecular formula is C28H33ClN4O6. The zero-order chi connectivity index (χ0) is 27.2. The molecule has 2 aliphatic rings. The number of urea groups is 1. The van der Waals surface area contributed by atoms with Crippen molar-refractivity contribution in [2.45, 2.75) is 25.3 Å². The molecule has 10 nitrogen and oxygen atoms in total. The number of hydrogen-bond donors (Lipinski definition) is 2. The molecule has 0 bridgehead atoms. The highest BCUT2D eigenvalue weighted by Crippen LogP contribution is 2.48. The van der Waals surface area contributed by atoms with Crippen molar-refractivity contribution in [2.24, 2.45) is 0 Å². The summed E-state index contributed by atoms with van der Waals surface area (Å²) in [5.41, 5.74) is 1.16. The van der Waals surface area contributed by atoms with E-state index in [1.54, 1.807) is 37.6 Å². The summed E-state index contributed by atoms with van der Waals surface area (Å²) in [6.45, 7) is 3.79. The number of halogens is 1. The van der Waals surface area contributed by atoms with E-state index in [1.807, 2.05) is 6.07 Å². The third kappa shape index (κ3) is 6.95. The smallest absolute Gasteiger partial charge is 0.319 e. The number of fused-ring (bicyclic) bond motifs is 3. The van der Waals surface area contributed by atoms with Crippen LogP contribution >= 0.6 is 11.6 Å². The first-order valence-corrected chi connectivity index (χ1v) is 13.5. The maximum atomic E-state index is 12.1. The Morgan fingerprint density at radius 2 is 1.92 bits per heavy atom. The Balaban J connectivity index is 1.32. The van der Waals surface area contributed by atoms with Gasteiger partial charge < -0.3 is 39.2 Å². The van der Waals surface area contributed by atoms with Crippen LogP contribution in [0.1, 0.15) is 19.3 Å². The number of ether oxygens (including phenoxy) is 5. The number of methoxy groups -OCH3 is 1. The lowest BCUT2D eigenvalue weighted by Crippen LogP contribution is -2.30. The summed E-state index contributed by atoms with van der Waals surface area (Å²) in [7, 11) is 3.76. The lowest BCUT2D eigenvalue weighted by molar-refractivity contribution is 0.153. The summed E-state index contributed by atoms with van der Waals surface area (Å²) in [4.78, 5) is 18.8. The van der Waals surface area contributed by atoms with Crippen LogP contribution < -0.4 is 29.6 Å². The predicted octanol–water partition coefficient (Wildman–Crippen LogP) is 5.08. The number of aromatic nitrogens is 1. The molecular weight excluding hydrogens is 524 g/mol. The van der Waals surface area contributed by atoms with E-state index in [4.69, 9.17) is 35.3 Å². The number of nitrogens with zero attached hydrogens (tertiary/aromatic N) is 2. The van der Waals surface area contributed by atoms with Gasteiger partial charge in [-0.1, -0.05) is 11.6 Å². The Hall–Kier alpha value is -3.47. The molecule has 2 amide bonds. The summed E-state index contributed by atoms with van der Waals surface area (Å²) in [5.74, 6) is 2.71. The maximum absolute atomic E-state index is 12.1. The van der Waals surface area contributed by atoms with Crippen molar-refractivity contribution in [1.82, 2.24) is 15.2 Å². The van der Waals surface area contributed by atoms with Crippen LogP contribution in [-0.2, 0) is 4.74 Å². The fourth-order valence-corrected chi connectivity index (χ4v) is 4.42. The van der Waals surface area contributed by atoms with E-state index in [9.17, 15) is 4.79 Å². The minimum absolute atomic E-state index is 0.252. The van der Waals surface area contributed by atoms with Crippen molar-refractivity contribution in [3.05, 3.63) is 41.6 Å². The lowest BCUT2D eigenvalue weighted by atomic mass is 10.1. The van der Waals surface area contributed by atoms with Crippen LogP contribution in [-0.4, -0.2) is 75.6 Å². The molecule has 1 fully saturated rings. The molecule has 39 heavy (non-hydrogen) atoms. The molecule has 2 N–H and O–H groups in total. The number of rotatable bonds is 12. The van der Waals surface area contributed by atoms with Gasteiger partial charge in [-0.25, -0.2) is 4.79 Å². The molecule has 0 unspecified atom stereocenters. The number of carbonyl (C=O) groups is 1. The zero-order valence-electron chi connectivity index (χ0n) is 22.1. The van der Waals surface area contributed by atoms with Crippen molar-refractivity contribution in [3.8, 4) is 28.7 Å². The fourth-order valence-electron chi connectivity index (χ4n) is 4.20. The van der Waals surface area contributed by atoms with Crippen molar-refractivity contribution in [3.63, 3.8) is 0 Å². The Labute approximate surface area is 232 Å². The minimum Gasteiger partial charge on any atom is -0.489 e. The van der Waals surface area contributed by atoms with Crippen LogP contribution in [0.15, 0.2) is 36.5 Å². The Bertz CT molecular complexity index is 1320. The van der Waals surface area contributed by atoms with Gasteiger partial charge in [0.1, 0.15) is 24.7 Å². The SMILES string of the molecule is COCCN(C)CCCOc1cc2nccc(Oc3ccc(NC(=O)NC4CC4)c(Cl)c3)c2c2c1OCCO2. The molecule has 1 saturated carbocycles. The second-order valence-electron chi connectivity index (χ2n) is 9.55. The van der Waals surface area contributed by atoms with Crippen LogP contribution in [0.5, 0.6) is 28.7 Å². The van der Waals surface area contributed by atoms with Gasteiger partial charge in [-0.2, -0.15) is 0 Å². The largest absolute Gasteiger partial charge is 0.489 e. The zero-order valence-corrected chi connectivity index (χ0v) is 22.9. The summed E-state index contributed by atoms with van der Waals surface area (Å²) >= 11 is 6.45. The Morgan fingerprint density at radius 3 is 2.69 bits per heavy atom. The van der Waals surface area contributed by atoms with Gasteiger partial charge in [0.2, 0.25) is 5.75 Å². The second-order valence-corrected chi connectivity index (χ2v) is 9.95. The van der Waals surface area contributed by atoms with E-state index in [0.29, 0.717) is 76.8 Å². The van der Waals surface area contributed by atoms with Crippen LogP contribution in [0.3, 0.4) is 0 Å². The van der Waals surface area contributed by atoms with Gasteiger partial charge in [0.05, 0.1) is 34.8 Å². The van der Waals surface area contributed by atoms with E-state index >= 15 is 0 Å². The Kier molecular flexibility index (Phi) is 8.75. The summed E-state index contributed by atoms with van der Waals surface area (Å²) in [5, 5.41) is 6.70. The predicted molar refractivity (Wildman–Crippen MR) is 149 cm³/mol. The number of likely N-dealkylation sites (N-methyl/N-ethyl adjacent to an activating group) is 1. The van der Waals surface area contributed by atoms with Crippen LogP contribution in [0.4, 0.5) is 10.5 Å². The van der Waals surface area contributed by atoms with E-state index in [2.05, 4.69) is 27.6 Å². The van der Waals surface area contributed by atoms with Gasteiger partial charge in [-0.15, -0.1) is 0 Å². The summed E-state index contributed by atoms with van der Waals surface area (Å²) in [6.07, 6.45) is 4.53. The third-order valence-corrected chi connectivity index (χ3v) is 6.70. The summed E-state index contributed by atoms with van der Waals surface area (Å²) < 4.78 is 29.5. The number of nitrogens with one attached hydrogen (secondary N) is 2. The molecule has 0 radical (unpaired) electrons. The number of amides is 2. The molecule has 1 aliphatic heterocycles. The molecule has 5 rings (SSSR count). The molecule has 0 spiro atoms. The number of carbonyl (C=O) groups excluding carboxylic acids is 1. The second kappa shape index (κ2) is 12.6. The number of benzene rings is 2. The first-order chi connectivity index (χ1) is 19.0. The van der Waals surface area contributed by atoms with Crippen molar-refractivity contribution in [1.29, 1.82) is 0 Å². The average Bonchev–Trinajstić information content (AvgIpc) is 3.75. The molecule has 208 valence electrons. The molecule has 11 heteroatoms. The van der Waals surface area contributed by atoms with Gasteiger partial charge in [0.15, 0.2) is 11.5 Å². The number of hydrogen-bond acceptors (Lipinski definition) is 8. The van der Waals surface area contributed by atoms with Gasteiger partial charge in [-0.3, -0.25) is 4.98 Å². The quantitative estimate of drug-likeness (QED) is 0.298. The number of pyridine rings is 1. The van der Waals surface area contributed by atoms with Gasteiger partial charge in [-0.05, 0) is 44.5 Å². The minimum atomic E-state index is -0.270. The van der Waals surface area contributed by atoms with Gasteiger partial charge >= 0.3 is 6.03 Å². The first kappa shape index (κ1) is 27.1. The van der Waals surface area contributed by atoms with Gasteiger partial charge in [0.25, 0.3) is 0 Å². The highest BCUT2D eigenvalue weighted by molar-refractivity contribution is 6.33. The van der Waals surface area contributed by atoms with E-state index < -0.39 is 0 Å². The van der Waals surface area contributed by atoms with E-state index in [1.165, 1.54) is 0 Å². The topological polar surface area (TPSA) is 103 Å². The standard InChI is InChI=1S/C28H33ClN4O6/c1-33(11-13-35-2)10-3-12-36-24-17-22-25(27-26(24)37-14-15-38-27)23(8-9-30-22)39-19-6-7-21(20(29)16-19)32-28(34)31-18-4-5-18/h6-9,16-18H,3-5,10-15H2,1-2H3,(H2,31,32,34). The third-order valence-electron chi connectivity index (χ3n) is 6.39. The Morgan fingerprint density at radius 1 is 1.10 bits per heavy atom. The molecule has 0 saturated heterocycles. The van der Waals surface area contributed by atoms with E-state index in [0.717, 1.165) is 32.4 Å². The highest BCUT2D eigenvalue weighted by Gasteiger charge is 2.25. The molecule has 1 aromatic heterocycles. The van der Waals surface area contributed by atoms with Crippen molar-refractivity contribution < 1.29 is 28.5 Å². The van der Waals surface area contributed by atoms with Crippen LogP contribution in [0, 0.1) is 0 Å². The van der Waals surface area contributed by atoms with Crippen LogP contribution in [0.25, 0.3) is 10.9 Å². The molecule has 0 atom stereocenters. The lowest BCUT2D eigenvalue weighted by Gasteiger charge is -2.24. The van der Waals surface area contributed by atoms with Crippen molar-refractivity contribution >= 4 is 34.2 Å². The average molecular weight is 557 g/mol. The monoisotopic (exact) mass is 556 g/mol. The molecule has 3 aromatic rings. The van der Waals surface area contributed by atoms with Crippen molar-refractivity contribution in [2.75, 3.05) is 59.0 Å². The first-order valence-electron chi connectivity index (χ1n) is 13.1. The fraction of sp³-hybridized carbons (Fsp3) is 0.429. The summed E-state index contributed by atoms with van der Waals surface area (Å²) in [6, 6.07) is 8.71.